The van der Waals surface area contributed by atoms with Crippen molar-refractivity contribution in [3.8, 4) is 11.1 Å². The number of carbonyl (C=O) groups is 3. The zero-order valence-electron chi connectivity index (χ0n) is 18.6. The Morgan fingerprint density at radius 3 is 2.40 bits per heavy atom. The fraction of sp³-hybridized carbons (Fsp3) is 0.280. The topological polar surface area (TPSA) is 129 Å². The van der Waals surface area contributed by atoms with Gasteiger partial charge in [0, 0.05) is 18.9 Å². The molecule has 2 aliphatic rings. The number of hydrogen-bond acceptors (Lipinski definition) is 7. The molecule has 2 aromatic carbocycles. The molecular formula is C25H23N3O6S. The highest BCUT2D eigenvalue weighted by atomic mass is 32.1. The number of carboxylic acid groups (broad SMARTS) is 1. The van der Waals surface area contributed by atoms with Gasteiger partial charge in [-0.25, -0.2) is 14.6 Å². The van der Waals surface area contributed by atoms with Crippen molar-refractivity contribution in [1.29, 1.82) is 0 Å². The average molecular weight is 494 g/mol. The van der Waals surface area contributed by atoms with Gasteiger partial charge in [0.1, 0.15) is 22.5 Å². The number of alkyl carbamates (subject to hydrolysis) is 1. The fourth-order valence-corrected chi connectivity index (χ4v) is 5.52. The minimum atomic E-state index is -1.16. The molecule has 3 aromatic rings. The van der Waals surface area contributed by atoms with Crippen molar-refractivity contribution in [3.05, 3.63) is 75.7 Å². The number of thiazole rings is 1. The van der Waals surface area contributed by atoms with Crippen LogP contribution in [0.2, 0.25) is 0 Å². The number of nitrogens with one attached hydrogen (secondary N) is 1. The van der Waals surface area contributed by atoms with Crippen LogP contribution in [0.25, 0.3) is 11.1 Å². The van der Waals surface area contributed by atoms with Crippen molar-refractivity contribution in [2.24, 2.45) is 0 Å². The van der Waals surface area contributed by atoms with Crippen LogP contribution in [0.5, 0.6) is 0 Å². The predicted octanol–water partition coefficient (Wildman–Crippen LogP) is 2.84. The lowest BCUT2D eigenvalue weighted by Gasteiger charge is -2.19. The second-order valence-electron chi connectivity index (χ2n) is 8.50. The van der Waals surface area contributed by atoms with E-state index in [0.717, 1.165) is 38.5 Å². The lowest BCUT2D eigenvalue weighted by Crippen LogP contribution is -2.40. The molecule has 0 radical (unpaired) electrons. The molecule has 1 aromatic heterocycles. The van der Waals surface area contributed by atoms with Gasteiger partial charge in [-0.3, -0.25) is 4.79 Å². The second kappa shape index (κ2) is 9.47. The summed E-state index contributed by atoms with van der Waals surface area (Å²) in [5.74, 6) is -1.70. The highest BCUT2D eigenvalue weighted by Gasteiger charge is 2.39. The largest absolute Gasteiger partial charge is 0.480 e. The number of aliphatic hydroxyl groups is 1. The summed E-state index contributed by atoms with van der Waals surface area (Å²) in [6.45, 7) is 0.218. The fourth-order valence-electron chi connectivity index (χ4n) is 4.70. The van der Waals surface area contributed by atoms with E-state index in [1.54, 1.807) is 0 Å². The molecule has 0 spiro atoms. The number of β-amino-alcohol motifs (C(OH)–C–C–N with tert-alkyl or cyclic N) is 1. The van der Waals surface area contributed by atoms with Gasteiger partial charge >= 0.3 is 12.1 Å². The maximum absolute atomic E-state index is 12.7. The van der Waals surface area contributed by atoms with E-state index in [0.29, 0.717) is 5.01 Å². The van der Waals surface area contributed by atoms with Crippen LogP contribution >= 0.6 is 11.3 Å². The third kappa shape index (κ3) is 4.50. The normalized spacial score (nSPS) is 18.7. The van der Waals surface area contributed by atoms with Crippen LogP contribution in [-0.2, 0) is 16.1 Å². The maximum atomic E-state index is 12.7. The molecule has 35 heavy (non-hydrogen) atoms. The molecule has 2 heterocycles. The number of rotatable bonds is 6. The molecule has 0 bridgehead atoms. The smallest absolute Gasteiger partial charge is 0.407 e. The third-order valence-electron chi connectivity index (χ3n) is 6.32. The standard InChI is InChI=1S/C25H23N3O6S/c29-14-9-20(24(31)32)28(12-14)23(30)21-10-26-22(35-21)11-27-25(33)34-13-19-17-7-3-1-5-15(17)16-6-2-4-8-18(16)19/h1-8,10,14,19-20,29H,9,11-13H2,(H,27,33)(H,31,32)/t14-,20-/m1/s1. The lowest BCUT2D eigenvalue weighted by molar-refractivity contribution is -0.141. The van der Waals surface area contributed by atoms with Crippen molar-refractivity contribution >= 4 is 29.3 Å². The lowest BCUT2D eigenvalue weighted by atomic mass is 9.98. The summed E-state index contributed by atoms with van der Waals surface area (Å²) >= 11 is 1.06. The second-order valence-corrected chi connectivity index (χ2v) is 9.61. The third-order valence-corrected chi connectivity index (χ3v) is 7.30. The Bertz CT molecular complexity index is 1250. The van der Waals surface area contributed by atoms with E-state index in [9.17, 15) is 24.6 Å². The molecular weight excluding hydrogens is 470 g/mol. The van der Waals surface area contributed by atoms with Crippen LogP contribution in [0.3, 0.4) is 0 Å². The van der Waals surface area contributed by atoms with Crippen LogP contribution in [0.15, 0.2) is 54.7 Å². The Hall–Kier alpha value is -3.76. The minimum absolute atomic E-state index is 0.00389. The van der Waals surface area contributed by atoms with Crippen molar-refractivity contribution in [2.75, 3.05) is 13.2 Å². The monoisotopic (exact) mass is 493 g/mol. The SMILES string of the molecule is O=C(NCc1ncc(C(=O)N2C[C@H](O)C[C@@H]2C(=O)O)s1)OCC1c2ccccc2-c2ccccc21. The summed E-state index contributed by atoms with van der Waals surface area (Å²) in [5, 5.41) is 22.2. The summed E-state index contributed by atoms with van der Waals surface area (Å²) in [7, 11) is 0. The number of likely N-dealkylation sites (tertiary alicyclic amines) is 1. The number of benzene rings is 2. The quantitative estimate of drug-likeness (QED) is 0.482. The maximum Gasteiger partial charge on any atom is 0.407 e. The van der Waals surface area contributed by atoms with Gasteiger partial charge in [-0.2, -0.15) is 0 Å². The highest BCUT2D eigenvalue weighted by molar-refractivity contribution is 7.13. The molecule has 1 aliphatic heterocycles. The molecule has 0 unspecified atom stereocenters. The van der Waals surface area contributed by atoms with E-state index < -0.39 is 30.1 Å². The summed E-state index contributed by atoms with van der Waals surface area (Å²) in [4.78, 5) is 42.0. The predicted molar refractivity (Wildman–Crippen MR) is 127 cm³/mol. The van der Waals surface area contributed by atoms with Crippen LogP contribution < -0.4 is 5.32 Å². The van der Waals surface area contributed by atoms with Gasteiger partial charge < -0.3 is 25.2 Å². The van der Waals surface area contributed by atoms with Crippen molar-refractivity contribution in [2.45, 2.75) is 31.0 Å². The number of amides is 2. The van der Waals surface area contributed by atoms with E-state index in [-0.39, 0.29) is 36.9 Å². The van der Waals surface area contributed by atoms with Crippen LogP contribution in [0.1, 0.15) is 38.1 Å². The number of carbonyl (C=O) groups excluding carboxylic acids is 2. The summed E-state index contributed by atoms with van der Waals surface area (Å²) in [6, 6.07) is 15.1. The first kappa shape index (κ1) is 23.0. The number of ether oxygens (including phenoxy) is 1. The number of fused-ring (bicyclic) bond motifs is 3. The van der Waals surface area contributed by atoms with Gasteiger partial charge in [-0.05, 0) is 22.3 Å². The number of nitrogens with zero attached hydrogens (tertiary/aromatic N) is 2. The van der Waals surface area contributed by atoms with Crippen molar-refractivity contribution in [3.63, 3.8) is 0 Å². The number of hydrogen-bond donors (Lipinski definition) is 3. The Morgan fingerprint density at radius 1 is 1.09 bits per heavy atom. The molecule has 5 rings (SSSR count). The van der Waals surface area contributed by atoms with Gasteiger partial charge in [0.15, 0.2) is 0 Å². The summed E-state index contributed by atoms with van der Waals surface area (Å²) < 4.78 is 5.51. The van der Waals surface area contributed by atoms with Gasteiger partial charge in [-0.1, -0.05) is 48.5 Å². The molecule has 3 N–H and O–H groups in total. The average Bonchev–Trinajstić information content (AvgIpc) is 3.57. The first-order chi connectivity index (χ1) is 16.9. The number of aliphatic hydroxyl groups excluding tert-OH is 1. The zero-order chi connectivity index (χ0) is 24.5. The Kier molecular flexibility index (Phi) is 6.23. The molecule has 2 amide bonds. The zero-order valence-corrected chi connectivity index (χ0v) is 19.4. The molecule has 2 atom stereocenters. The Balaban J connectivity index is 1.17. The van der Waals surface area contributed by atoms with E-state index in [4.69, 9.17) is 4.74 Å². The first-order valence-corrected chi connectivity index (χ1v) is 12.0. The number of aromatic nitrogens is 1. The molecule has 9 nitrogen and oxygen atoms in total. The van der Waals surface area contributed by atoms with Gasteiger partial charge in [0.2, 0.25) is 0 Å². The van der Waals surface area contributed by atoms with E-state index in [1.165, 1.54) is 6.20 Å². The molecule has 1 aliphatic carbocycles. The minimum Gasteiger partial charge on any atom is -0.480 e. The molecule has 180 valence electrons. The summed E-state index contributed by atoms with van der Waals surface area (Å²) in [6.07, 6.45) is -0.118. The van der Waals surface area contributed by atoms with Crippen LogP contribution in [0.4, 0.5) is 4.79 Å². The molecule has 0 saturated carbocycles. The van der Waals surface area contributed by atoms with E-state index >= 15 is 0 Å². The Labute approximate surface area is 205 Å². The van der Waals surface area contributed by atoms with Gasteiger partial charge in [0.05, 0.1) is 18.8 Å². The van der Waals surface area contributed by atoms with Crippen LogP contribution in [0, 0.1) is 0 Å². The van der Waals surface area contributed by atoms with Gasteiger partial charge in [-0.15, -0.1) is 11.3 Å². The van der Waals surface area contributed by atoms with Crippen LogP contribution in [-0.4, -0.2) is 63.4 Å². The summed E-state index contributed by atoms with van der Waals surface area (Å²) in [5.41, 5.74) is 4.54. The van der Waals surface area contributed by atoms with Crippen molar-refractivity contribution < 1.29 is 29.3 Å². The van der Waals surface area contributed by atoms with Gasteiger partial charge in [0.25, 0.3) is 5.91 Å². The molecule has 10 heteroatoms. The highest BCUT2D eigenvalue weighted by Crippen LogP contribution is 2.44. The number of carboxylic acids is 1. The molecule has 1 fully saturated rings. The van der Waals surface area contributed by atoms with E-state index in [2.05, 4.69) is 22.4 Å². The Morgan fingerprint density at radius 2 is 1.74 bits per heavy atom. The van der Waals surface area contributed by atoms with Crippen molar-refractivity contribution in [1.82, 2.24) is 15.2 Å². The first-order valence-electron chi connectivity index (χ1n) is 11.2. The molecule has 1 saturated heterocycles. The van der Waals surface area contributed by atoms with E-state index in [1.807, 2.05) is 36.4 Å². The number of aliphatic carboxylic acids is 1.